The Labute approximate surface area is 220 Å². The smallest absolute Gasteiger partial charge is 0.409 e. The van der Waals surface area contributed by atoms with Gasteiger partial charge in [-0.1, -0.05) is 12.1 Å². The van der Waals surface area contributed by atoms with Crippen LogP contribution in [-0.2, 0) is 4.74 Å². The lowest BCUT2D eigenvalue weighted by Gasteiger charge is -2.24. The molecule has 1 aromatic carbocycles. The summed E-state index contributed by atoms with van der Waals surface area (Å²) in [6.45, 7) is 2.61. The largest absolute Gasteiger partial charge is 0.453 e. The van der Waals surface area contributed by atoms with Gasteiger partial charge in [0.2, 0.25) is 5.95 Å². The van der Waals surface area contributed by atoms with E-state index in [-0.39, 0.29) is 24.7 Å². The topological polar surface area (TPSA) is 133 Å². The number of anilines is 2. The highest BCUT2D eigenvalue weighted by Gasteiger charge is 2.43. The van der Waals surface area contributed by atoms with Crippen LogP contribution in [0.25, 0.3) is 20.8 Å². The highest BCUT2D eigenvalue weighted by molar-refractivity contribution is 7.21. The number of carbonyl (C=O) groups excluding carboxylic acids is 1. The van der Waals surface area contributed by atoms with Crippen molar-refractivity contribution in [1.29, 1.82) is 0 Å². The molecule has 2 aromatic heterocycles. The van der Waals surface area contributed by atoms with Crippen LogP contribution < -0.4 is 10.6 Å². The van der Waals surface area contributed by atoms with Crippen LogP contribution in [0.4, 0.5) is 29.7 Å². The molecular formula is C24H29F3N6O4S. The zero-order valence-corrected chi connectivity index (χ0v) is 21.8. The van der Waals surface area contributed by atoms with Crippen LogP contribution >= 0.6 is 11.3 Å². The summed E-state index contributed by atoms with van der Waals surface area (Å²) in [7, 11) is 1.26. The van der Waals surface area contributed by atoms with Crippen molar-refractivity contribution in [3.63, 3.8) is 0 Å². The number of hydrogen-bond acceptors (Lipinski definition) is 10. The molecule has 4 N–H and O–H groups in total. The molecule has 4 rings (SSSR count). The number of benzene rings is 1. The average molecular weight is 555 g/mol. The van der Waals surface area contributed by atoms with Crippen LogP contribution in [-0.4, -0.2) is 87.3 Å². The lowest BCUT2D eigenvalue weighted by Crippen LogP contribution is -2.39. The normalized spacial score (nSPS) is 21.5. The molecule has 0 spiro atoms. The van der Waals surface area contributed by atoms with E-state index in [0.717, 1.165) is 10.2 Å². The first-order chi connectivity index (χ1) is 18.0. The van der Waals surface area contributed by atoms with Crippen molar-refractivity contribution in [1.82, 2.24) is 19.9 Å². The number of aryl methyl sites for hydroxylation is 1. The average Bonchev–Trinajstić information content (AvgIpc) is 3.41. The molecule has 3 aromatic rings. The van der Waals surface area contributed by atoms with Gasteiger partial charge in [-0.25, -0.2) is 14.8 Å². The molecule has 1 aliphatic rings. The van der Waals surface area contributed by atoms with Gasteiger partial charge in [0, 0.05) is 19.0 Å². The van der Waals surface area contributed by atoms with Crippen LogP contribution in [0.15, 0.2) is 24.3 Å². The van der Waals surface area contributed by atoms with Crippen LogP contribution in [0, 0.1) is 12.8 Å². The van der Waals surface area contributed by atoms with Crippen molar-refractivity contribution < 1.29 is 32.9 Å². The summed E-state index contributed by atoms with van der Waals surface area (Å²) in [5.74, 6) is -0.531. The number of fused-ring (bicyclic) bond motifs is 1. The standard InChI is InChI=1S/C24H29F3N6O4S/c1-4-33(23(36)37-3)10-13-9-15(19(35)18(13)34)30-20-17(21-31-14-7-5-6-8-16(14)38-21)12(2)29-22(32-20)28-11-24(25,26)27/h5-8,13,15,18-19,34-35H,4,9-11H2,1-3H3,(H2,28,29,30,32)/t13-,15-,18-,19+/m1/s1. The number of nitrogens with zero attached hydrogens (tertiary/aromatic N) is 4. The van der Waals surface area contributed by atoms with Crippen LogP contribution in [0.5, 0.6) is 0 Å². The fourth-order valence-electron chi connectivity index (χ4n) is 4.54. The molecule has 0 radical (unpaired) electrons. The summed E-state index contributed by atoms with van der Waals surface area (Å²) >= 11 is 1.38. The van der Waals surface area contributed by atoms with Gasteiger partial charge in [-0.3, -0.25) is 0 Å². The van der Waals surface area contributed by atoms with Gasteiger partial charge in [-0.05, 0) is 32.4 Å². The number of thiazole rings is 1. The maximum atomic E-state index is 12.8. The van der Waals surface area contributed by atoms with Gasteiger partial charge in [0.1, 0.15) is 23.5 Å². The third kappa shape index (κ3) is 6.08. The number of nitrogens with one attached hydrogen (secondary N) is 2. The number of methoxy groups -OCH3 is 1. The predicted octanol–water partition coefficient (Wildman–Crippen LogP) is 3.65. The second kappa shape index (κ2) is 11.3. The summed E-state index contributed by atoms with van der Waals surface area (Å²) in [5, 5.41) is 27.4. The van der Waals surface area contributed by atoms with E-state index in [2.05, 4.69) is 25.6 Å². The van der Waals surface area contributed by atoms with E-state index in [1.54, 1.807) is 13.8 Å². The molecule has 0 unspecified atom stereocenters. The molecule has 206 valence electrons. The van der Waals surface area contributed by atoms with E-state index >= 15 is 0 Å². The summed E-state index contributed by atoms with van der Waals surface area (Å²) in [6.07, 6.45) is -7.12. The maximum Gasteiger partial charge on any atom is 0.409 e. The minimum absolute atomic E-state index is 0.158. The molecule has 38 heavy (non-hydrogen) atoms. The maximum absolute atomic E-state index is 12.8. The van der Waals surface area contributed by atoms with Crippen LogP contribution in [0.1, 0.15) is 19.0 Å². The number of aliphatic hydroxyl groups excluding tert-OH is 2. The lowest BCUT2D eigenvalue weighted by molar-refractivity contribution is -0.115. The molecule has 2 heterocycles. The zero-order chi connectivity index (χ0) is 27.6. The zero-order valence-electron chi connectivity index (χ0n) is 21.0. The number of rotatable bonds is 8. The van der Waals surface area contributed by atoms with Crippen molar-refractivity contribution in [2.45, 2.75) is 44.7 Å². The highest BCUT2D eigenvalue weighted by Crippen LogP contribution is 2.38. The van der Waals surface area contributed by atoms with E-state index in [4.69, 9.17) is 4.74 Å². The Morgan fingerprint density at radius 3 is 2.61 bits per heavy atom. The monoisotopic (exact) mass is 554 g/mol. The second-order valence-corrected chi connectivity index (χ2v) is 10.1. The van der Waals surface area contributed by atoms with Crippen molar-refractivity contribution in [3.8, 4) is 10.6 Å². The van der Waals surface area contributed by atoms with E-state index in [9.17, 15) is 28.2 Å². The summed E-state index contributed by atoms with van der Waals surface area (Å²) in [4.78, 5) is 26.6. The Morgan fingerprint density at radius 1 is 1.21 bits per heavy atom. The first-order valence-corrected chi connectivity index (χ1v) is 12.8. The van der Waals surface area contributed by atoms with Gasteiger partial charge in [0.05, 0.1) is 40.7 Å². The van der Waals surface area contributed by atoms with E-state index in [1.807, 2.05) is 24.3 Å². The van der Waals surface area contributed by atoms with Crippen molar-refractivity contribution in [2.75, 3.05) is 37.4 Å². The molecule has 0 aliphatic heterocycles. The molecule has 14 heteroatoms. The Hall–Kier alpha value is -3.23. The third-order valence-corrected chi connectivity index (χ3v) is 7.49. The van der Waals surface area contributed by atoms with Gasteiger partial charge < -0.3 is 30.5 Å². The summed E-state index contributed by atoms with van der Waals surface area (Å²) < 4.78 is 44.2. The minimum Gasteiger partial charge on any atom is -0.453 e. The van der Waals surface area contributed by atoms with E-state index in [0.29, 0.717) is 22.8 Å². The lowest BCUT2D eigenvalue weighted by atomic mass is 10.1. The van der Waals surface area contributed by atoms with Crippen molar-refractivity contribution in [2.24, 2.45) is 5.92 Å². The van der Waals surface area contributed by atoms with E-state index < -0.39 is 43.0 Å². The number of aliphatic hydroxyl groups is 2. The summed E-state index contributed by atoms with van der Waals surface area (Å²) in [6, 6.07) is 6.77. The fraction of sp³-hybridized carbons (Fsp3) is 0.500. The number of carbonyl (C=O) groups is 1. The number of halogens is 3. The van der Waals surface area contributed by atoms with Gasteiger partial charge in [-0.15, -0.1) is 11.3 Å². The minimum atomic E-state index is -4.47. The first kappa shape index (κ1) is 27.8. The third-order valence-electron chi connectivity index (χ3n) is 6.44. The number of ether oxygens (including phenoxy) is 1. The Morgan fingerprint density at radius 2 is 1.95 bits per heavy atom. The fourth-order valence-corrected chi connectivity index (χ4v) is 5.60. The number of alkyl halides is 3. The number of amides is 1. The molecule has 0 bridgehead atoms. The molecular weight excluding hydrogens is 525 g/mol. The summed E-state index contributed by atoms with van der Waals surface area (Å²) in [5.41, 5.74) is 1.62. The highest BCUT2D eigenvalue weighted by atomic mass is 32.1. The molecule has 4 atom stereocenters. The first-order valence-electron chi connectivity index (χ1n) is 12.0. The molecule has 1 aliphatic carbocycles. The van der Waals surface area contributed by atoms with Gasteiger partial charge >= 0.3 is 12.3 Å². The van der Waals surface area contributed by atoms with Crippen molar-refractivity contribution in [3.05, 3.63) is 30.0 Å². The van der Waals surface area contributed by atoms with E-state index in [1.165, 1.54) is 23.3 Å². The molecule has 1 amide bonds. The van der Waals surface area contributed by atoms with Gasteiger partial charge in [-0.2, -0.15) is 18.2 Å². The van der Waals surface area contributed by atoms with Gasteiger partial charge in [0.25, 0.3) is 0 Å². The Kier molecular flexibility index (Phi) is 8.23. The number of para-hydroxylation sites is 1. The predicted molar refractivity (Wildman–Crippen MR) is 137 cm³/mol. The molecule has 10 nitrogen and oxygen atoms in total. The molecule has 1 fully saturated rings. The second-order valence-electron chi connectivity index (χ2n) is 9.05. The Balaban J connectivity index is 1.66. The van der Waals surface area contributed by atoms with Crippen LogP contribution in [0.3, 0.4) is 0 Å². The van der Waals surface area contributed by atoms with Crippen molar-refractivity contribution >= 4 is 39.4 Å². The quantitative estimate of drug-likeness (QED) is 0.329. The molecule has 1 saturated carbocycles. The number of aromatic nitrogens is 3. The Bertz CT molecular complexity index is 1260. The number of hydrogen-bond donors (Lipinski definition) is 4. The SMILES string of the molecule is CCN(C[C@H]1C[C@@H](Nc2nc(NCC(F)(F)F)nc(C)c2-c2nc3ccccc3s2)[C@H](O)[C@@H]1O)C(=O)OC. The van der Waals surface area contributed by atoms with Crippen LogP contribution in [0.2, 0.25) is 0 Å². The van der Waals surface area contributed by atoms with Gasteiger partial charge in [0.15, 0.2) is 0 Å². The molecule has 0 saturated heterocycles.